The van der Waals surface area contributed by atoms with E-state index in [0.717, 1.165) is 31.6 Å². The first-order chi connectivity index (χ1) is 9.16. The lowest BCUT2D eigenvalue weighted by molar-refractivity contribution is -0.117. The number of thioether (sulfide) groups is 1. The van der Waals surface area contributed by atoms with E-state index >= 15 is 0 Å². The Morgan fingerprint density at radius 1 is 1.63 bits per heavy atom. The number of carbonyl (C=O) groups is 1. The van der Waals surface area contributed by atoms with Crippen LogP contribution in [-0.2, 0) is 16.1 Å². The highest BCUT2D eigenvalue weighted by atomic mass is 32.2. The van der Waals surface area contributed by atoms with E-state index in [4.69, 9.17) is 4.74 Å². The molecule has 1 aromatic heterocycles. The maximum absolute atomic E-state index is 11.7. The molecule has 0 bridgehead atoms. The van der Waals surface area contributed by atoms with Gasteiger partial charge in [0.25, 0.3) is 0 Å². The van der Waals surface area contributed by atoms with E-state index < -0.39 is 0 Å². The van der Waals surface area contributed by atoms with Crippen LogP contribution < -0.4 is 5.69 Å². The van der Waals surface area contributed by atoms with Crippen molar-refractivity contribution < 1.29 is 9.53 Å². The number of ketones is 1. The molecule has 1 saturated heterocycles. The Bertz CT molecular complexity index is 477. The zero-order chi connectivity index (χ0) is 13.7. The third-order valence-corrected chi connectivity index (χ3v) is 4.10. The summed E-state index contributed by atoms with van der Waals surface area (Å²) in [5, 5.41) is 7.18. The standard InChI is InChI=1S/C12H19N3O3S/c1-9(16)4-3-7-19-12-14-13-11(17)15(12)8-10-5-2-6-18-10/h10H,2-8H2,1H3,(H,13,17). The van der Waals surface area contributed by atoms with Crippen molar-refractivity contribution >= 4 is 17.5 Å². The number of ether oxygens (including phenoxy) is 1. The van der Waals surface area contributed by atoms with Crippen molar-refractivity contribution in [3.8, 4) is 0 Å². The molecule has 2 heterocycles. The number of nitrogens with one attached hydrogen (secondary N) is 1. The van der Waals surface area contributed by atoms with Crippen LogP contribution in [0.5, 0.6) is 0 Å². The summed E-state index contributed by atoms with van der Waals surface area (Å²) in [5.74, 6) is 0.981. The molecule has 0 spiro atoms. The molecule has 1 fully saturated rings. The Balaban J connectivity index is 1.89. The van der Waals surface area contributed by atoms with Gasteiger partial charge in [0.1, 0.15) is 5.78 Å². The summed E-state index contributed by atoms with van der Waals surface area (Å²) in [7, 11) is 0. The van der Waals surface area contributed by atoms with Gasteiger partial charge >= 0.3 is 5.69 Å². The van der Waals surface area contributed by atoms with Gasteiger partial charge in [-0.05, 0) is 26.2 Å². The molecular formula is C12H19N3O3S. The molecule has 1 atom stereocenters. The molecule has 6 nitrogen and oxygen atoms in total. The van der Waals surface area contributed by atoms with Gasteiger partial charge in [0.15, 0.2) is 5.16 Å². The number of aromatic amines is 1. The van der Waals surface area contributed by atoms with E-state index in [1.54, 1.807) is 11.5 Å². The molecular weight excluding hydrogens is 266 g/mol. The summed E-state index contributed by atoms with van der Waals surface area (Å²) in [4.78, 5) is 22.5. The van der Waals surface area contributed by atoms with E-state index in [0.29, 0.717) is 18.1 Å². The Morgan fingerprint density at radius 3 is 3.16 bits per heavy atom. The largest absolute Gasteiger partial charge is 0.376 e. The average molecular weight is 285 g/mol. The molecule has 2 rings (SSSR count). The van der Waals surface area contributed by atoms with Gasteiger partial charge in [-0.1, -0.05) is 11.8 Å². The van der Waals surface area contributed by atoms with E-state index in [9.17, 15) is 9.59 Å². The zero-order valence-corrected chi connectivity index (χ0v) is 11.9. The first-order valence-electron chi connectivity index (χ1n) is 6.56. The Kier molecular flexibility index (Phi) is 5.21. The van der Waals surface area contributed by atoms with Gasteiger partial charge in [-0.3, -0.25) is 4.57 Å². The van der Waals surface area contributed by atoms with Crippen molar-refractivity contribution in [3.63, 3.8) is 0 Å². The van der Waals surface area contributed by atoms with Crippen LogP contribution in [0.4, 0.5) is 0 Å². The number of H-pyrrole nitrogens is 1. The minimum atomic E-state index is -0.190. The summed E-state index contributed by atoms with van der Waals surface area (Å²) < 4.78 is 7.17. The number of Topliss-reactive ketones (excluding diaryl/α,β-unsaturated/α-hetero) is 1. The van der Waals surface area contributed by atoms with Crippen molar-refractivity contribution in [3.05, 3.63) is 10.5 Å². The summed E-state index contributed by atoms with van der Waals surface area (Å²) in [6, 6.07) is 0. The molecule has 0 aliphatic carbocycles. The molecule has 1 unspecified atom stereocenters. The molecule has 0 saturated carbocycles. The highest BCUT2D eigenvalue weighted by molar-refractivity contribution is 7.99. The first kappa shape index (κ1) is 14.3. The van der Waals surface area contributed by atoms with E-state index in [-0.39, 0.29) is 17.6 Å². The van der Waals surface area contributed by atoms with Gasteiger partial charge in [0.2, 0.25) is 0 Å². The van der Waals surface area contributed by atoms with Crippen LogP contribution in [0, 0.1) is 0 Å². The molecule has 1 aliphatic rings. The number of hydrogen-bond acceptors (Lipinski definition) is 5. The number of nitrogens with zero attached hydrogens (tertiary/aromatic N) is 2. The van der Waals surface area contributed by atoms with Crippen LogP contribution in [0.3, 0.4) is 0 Å². The summed E-state index contributed by atoms with van der Waals surface area (Å²) in [5.41, 5.74) is -0.190. The van der Waals surface area contributed by atoms with E-state index in [1.165, 1.54) is 11.8 Å². The van der Waals surface area contributed by atoms with Gasteiger partial charge in [-0.25, -0.2) is 9.89 Å². The molecule has 0 aromatic carbocycles. The van der Waals surface area contributed by atoms with Crippen molar-refractivity contribution in [2.75, 3.05) is 12.4 Å². The molecule has 0 amide bonds. The van der Waals surface area contributed by atoms with Crippen molar-refractivity contribution in [1.82, 2.24) is 14.8 Å². The third kappa shape index (κ3) is 4.21. The van der Waals surface area contributed by atoms with Gasteiger partial charge in [0.05, 0.1) is 12.6 Å². The van der Waals surface area contributed by atoms with E-state index in [1.807, 2.05) is 0 Å². The van der Waals surface area contributed by atoms with Gasteiger partial charge in [-0.2, -0.15) is 0 Å². The number of hydrogen-bond donors (Lipinski definition) is 1. The third-order valence-electron chi connectivity index (χ3n) is 3.04. The second-order valence-corrected chi connectivity index (χ2v) is 5.77. The maximum atomic E-state index is 11.7. The fourth-order valence-electron chi connectivity index (χ4n) is 2.05. The lowest BCUT2D eigenvalue weighted by atomic mass is 10.2. The fourth-order valence-corrected chi connectivity index (χ4v) is 2.95. The molecule has 7 heteroatoms. The average Bonchev–Trinajstić information content (AvgIpc) is 2.98. The zero-order valence-electron chi connectivity index (χ0n) is 11.1. The predicted octanol–water partition coefficient (Wildman–Crippen LogP) is 1.21. The van der Waals surface area contributed by atoms with Gasteiger partial charge in [-0.15, -0.1) is 5.10 Å². The van der Waals surface area contributed by atoms with Crippen LogP contribution in [0.25, 0.3) is 0 Å². The van der Waals surface area contributed by atoms with Gasteiger partial charge in [0, 0.05) is 18.8 Å². The highest BCUT2D eigenvalue weighted by Gasteiger charge is 2.19. The molecule has 106 valence electrons. The predicted molar refractivity (Wildman–Crippen MR) is 72.5 cm³/mol. The molecule has 1 N–H and O–H groups in total. The van der Waals surface area contributed by atoms with Gasteiger partial charge < -0.3 is 9.53 Å². The van der Waals surface area contributed by atoms with Crippen molar-refractivity contribution in [2.45, 2.75) is 50.4 Å². The number of carbonyl (C=O) groups excluding carboxylic acids is 1. The monoisotopic (exact) mass is 285 g/mol. The quantitative estimate of drug-likeness (QED) is 0.602. The summed E-state index contributed by atoms with van der Waals surface area (Å²) >= 11 is 1.51. The second kappa shape index (κ2) is 6.91. The van der Waals surface area contributed by atoms with Crippen LogP contribution >= 0.6 is 11.8 Å². The maximum Gasteiger partial charge on any atom is 0.344 e. The second-order valence-electron chi connectivity index (χ2n) is 4.71. The topological polar surface area (TPSA) is 77.0 Å². The molecule has 0 radical (unpaired) electrons. The molecule has 1 aliphatic heterocycles. The van der Waals surface area contributed by atoms with Crippen LogP contribution in [-0.4, -0.2) is 39.0 Å². The number of aromatic nitrogens is 3. The fraction of sp³-hybridized carbons (Fsp3) is 0.750. The smallest absolute Gasteiger partial charge is 0.344 e. The van der Waals surface area contributed by atoms with Crippen LogP contribution in [0.2, 0.25) is 0 Å². The van der Waals surface area contributed by atoms with E-state index in [2.05, 4.69) is 10.2 Å². The SMILES string of the molecule is CC(=O)CCCSc1n[nH]c(=O)n1CC1CCCO1. The number of rotatable bonds is 7. The Morgan fingerprint density at radius 2 is 2.47 bits per heavy atom. The minimum Gasteiger partial charge on any atom is -0.376 e. The molecule has 19 heavy (non-hydrogen) atoms. The van der Waals surface area contributed by atoms with Crippen LogP contribution in [0.1, 0.15) is 32.6 Å². The summed E-state index contributed by atoms with van der Waals surface area (Å²) in [6.45, 7) is 2.93. The highest BCUT2D eigenvalue weighted by Crippen LogP contribution is 2.18. The first-order valence-corrected chi connectivity index (χ1v) is 7.54. The minimum absolute atomic E-state index is 0.117. The Hall–Kier alpha value is -1.08. The summed E-state index contributed by atoms with van der Waals surface area (Å²) in [6.07, 6.45) is 3.55. The van der Waals surface area contributed by atoms with Crippen molar-refractivity contribution in [1.29, 1.82) is 0 Å². The lowest BCUT2D eigenvalue weighted by Crippen LogP contribution is -2.25. The Labute approximate surface area is 115 Å². The van der Waals surface area contributed by atoms with Crippen molar-refractivity contribution in [2.24, 2.45) is 0 Å². The lowest BCUT2D eigenvalue weighted by Gasteiger charge is -2.10. The van der Waals surface area contributed by atoms with Crippen LogP contribution in [0.15, 0.2) is 9.95 Å². The normalized spacial score (nSPS) is 18.9. The molecule has 1 aromatic rings.